The molecule has 0 saturated heterocycles. The van der Waals surface area contributed by atoms with Crippen LogP contribution in [-0.4, -0.2) is 38.0 Å². The van der Waals surface area contributed by atoms with Crippen LogP contribution in [0.2, 0.25) is 0 Å². The molecule has 5 nitrogen and oxygen atoms in total. The lowest BCUT2D eigenvalue weighted by Gasteiger charge is -2.20. The fraction of sp³-hybridized carbons (Fsp3) is 0.385. The van der Waals surface area contributed by atoms with Crippen LogP contribution in [0.4, 0.5) is 0 Å². The van der Waals surface area contributed by atoms with Crippen molar-refractivity contribution in [1.29, 1.82) is 0 Å². The molecule has 1 rings (SSSR count). The Morgan fingerprint density at radius 3 is 2.63 bits per heavy atom. The molecule has 0 spiro atoms. The molecule has 0 unspecified atom stereocenters. The highest BCUT2D eigenvalue weighted by atomic mass is 32.2. The number of nitrogens with zero attached hydrogens (tertiary/aromatic N) is 1. The lowest BCUT2D eigenvalue weighted by molar-refractivity contribution is 0.280. The smallest absolute Gasteiger partial charge is 0.247 e. The van der Waals surface area contributed by atoms with Crippen molar-refractivity contribution < 1.29 is 18.3 Å². The summed E-state index contributed by atoms with van der Waals surface area (Å²) in [7, 11) is -2.22. The van der Waals surface area contributed by atoms with Gasteiger partial charge in [-0.2, -0.15) is 4.31 Å². The second-order valence-electron chi connectivity index (χ2n) is 3.89. The van der Waals surface area contributed by atoms with Gasteiger partial charge >= 0.3 is 0 Å². The lowest BCUT2D eigenvalue weighted by Crippen LogP contribution is -2.31. The first-order valence-corrected chi connectivity index (χ1v) is 7.34. The van der Waals surface area contributed by atoms with Crippen molar-refractivity contribution in [2.75, 3.05) is 20.2 Å². The summed E-state index contributed by atoms with van der Waals surface area (Å²) in [5.74, 6) is 0.231. The third-order valence-corrected chi connectivity index (χ3v) is 4.69. The number of hydrogen-bond donors (Lipinski definition) is 1. The van der Waals surface area contributed by atoms with Gasteiger partial charge in [0.1, 0.15) is 10.6 Å². The minimum absolute atomic E-state index is 0.0934. The van der Waals surface area contributed by atoms with Crippen LogP contribution in [0.3, 0.4) is 0 Å². The maximum absolute atomic E-state index is 12.5. The van der Waals surface area contributed by atoms with E-state index >= 15 is 0 Å². The van der Waals surface area contributed by atoms with Crippen molar-refractivity contribution in [3.05, 3.63) is 36.4 Å². The van der Waals surface area contributed by atoms with Gasteiger partial charge in [-0.1, -0.05) is 19.1 Å². The molecule has 0 saturated carbocycles. The first-order chi connectivity index (χ1) is 9.01. The van der Waals surface area contributed by atoms with Crippen molar-refractivity contribution >= 4 is 10.0 Å². The molecule has 106 valence electrons. The number of aliphatic hydroxyl groups is 1. The first-order valence-electron chi connectivity index (χ1n) is 5.90. The fourth-order valence-electron chi connectivity index (χ4n) is 1.70. The van der Waals surface area contributed by atoms with Crippen LogP contribution in [0, 0.1) is 0 Å². The van der Waals surface area contributed by atoms with Crippen LogP contribution in [0.25, 0.3) is 0 Å². The Hall–Kier alpha value is -1.37. The Morgan fingerprint density at radius 2 is 2.16 bits per heavy atom. The van der Waals surface area contributed by atoms with E-state index in [9.17, 15) is 8.42 Å². The Morgan fingerprint density at radius 1 is 1.47 bits per heavy atom. The quantitative estimate of drug-likeness (QED) is 0.769. The SMILES string of the molecule is C=CCN(CC)S(=O)(=O)c1ccc(CO)cc1OC. The second-order valence-corrected chi connectivity index (χ2v) is 5.79. The number of ether oxygens (including phenoxy) is 1. The van der Waals surface area contributed by atoms with Crippen LogP contribution in [0.15, 0.2) is 35.7 Å². The van der Waals surface area contributed by atoms with Gasteiger partial charge in [0, 0.05) is 13.1 Å². The third kappa shape index (κ3) is 3.34. The second kappa shape index (κ2) is 6.70. The average Bonchev–Trinajstić information content (AvgIpc) is 2.43. The number of aliphatic hydroxyl groups excluding tert-OH is 1. The van der Waals surface area contributed by atoms with Gasteiger partial charge in [-0.05, 0) is 17.7 Å². The predicted octanol–water partition coefficient (Wildman–Crippen LogP) is 1.38. The van der Waals surface area contributed by atoms with Gasteiger partial charge in [0.05, 0.1) is 13.7 Å². The fourth-order valence-corrected chi connectivity index (χ4v) is 3.26. The van der Waals surface area contributed by atoms with Gasteiger partial charge in [0.2, 0.25) is 10.0 Å². The predicted molar refractivity (Wildman–Crippen MR) is 73.5 cm³/mol. The van der Waals surface area contributed by atoms with E-state index in [1.54, 1.807) is 13.0 Å². The van der Waals surface area contributed by atoms with E-state index in [-0.39, 0.29) is 23.8 Å². The monoisotopic (exact) mass is 285 g/mol. The largest absolute Gasteiger partial charge is 0.495 e. The number of sulfonamides is 1. The molecule has 0 aliphatic heterocycles. The van der Waals surface area contributed by atoms with Gasteiger partial charge in [-0.3, -0.25) is 0 Å². The molecule has 1 aromatic rings. The molecule has 6 heteroatoms. The topological polar surface area (TPSA) is 66.8 Å². The number of rotatable bonds is 7. The molecule has 0 amide bonds. The summed E-state index contributed by atoms with van der Waals surface area (Å²) >= 11 is 0. The summed E-state index contributed by atoms with van der Waals surface area (Å²) in [6.45, 7) is 5.74. The maximum Gasteiger partial charge on any atom is 0.247 e. The summed E-state index contributed by atoms with van der Waals surface area (Å²) in [6.07, 6.45) is 1.54. The summed E-state index contributed by atoms with van der Waals surface area (Å²) in [4.78, 5) is 0.0934. The highest BCUT2D eigenvalue weighted by Crippen LogP contribution is 2.27. The van der Waals surface area contributed by atoms with E-state index in [2.05, 4.69) is 6.58 Å². The van der Waals surface area contributed by atoms with E-state index in [4.69, 9.17) is 9.84 Å². The van der Waals surface area contributed by atoms with Crippen molar-refractivity contribution in [2.24, 2.45) is 0 Å². The number of methoxy groups -OCH3 is 1. The normalized spacial score (nSPS) is 11.6. The minimum atomic E-state index is -3.63. The lowest BCUT2D eigenvalue weighted by atomic mass is 10.2. The zero-order chi connectivity index (χ0) is 14.5. The van der Waals surface area contributed by atoms with Crippen LogP contribution >= 0.6 is 0 Å². The molecule has 0 heterocycles. The zero-order valence-corrected chi connectivity index (χ0v) is 12.0. The Labute approximate surface area is 114 Å². The van der Waals surface area contributed by atoms with Crippen LogP contribution in [0.5, 0.6) is 5.75 Å². The van der Waals surface area contributed by atoms with Crippen LogP contribution in [0.1, 0.15) is 12.5 Å². The van der Waals surface area contributed by atoms with E-state index in [0.717, 1.165) is 0 Å². The average molecular weight is 285 g/mol. The number of hydrogen-bond acceptors (Lipinski definition) is 4. The third-order valence-electron chi connectivity index (χ3n) is 2.71. The van der Waals surface area contributed by atoms with E-state index < -0.39 is 10.0 Å². The highest BCUT2D eigenvalue weighted by Gasteiger charge is 2.25. The molecular formula is C13H19NO4S. The van der Waals surface area contributed by atoms with Crippen LogP contribution < -0.4 is 4.74 Å². The summed E-state index contributed by atoms with van der Waals surface area (Å²) in [6, 6.07) is 4.54. The number of likely N-dealkylation sites (N-methyl/N-ethyl adjacent to an activating group) is 1. The van der Waals surface area contributed by atoms with Crippen molar-refractivity contribution in [3.8, 4) is 5.75 Å². The Kier molecular flexibility index (Phi) is 5.53. The van der Waals surface area contributed by atoms with Gasteiger partial charge in [0.25, 0.3) is 0 Å². The zero-order valence-electron chi connectivity index (χ0n) is 11.2. The van der Waals surface area contributed by atoms with Crippen molar-refractivity contribution in [1.82, 2.24) is 4.31 Å². The molecule has 0 aromatic heterocycles. The van der Waals surface area contributed by atoms with E-state index in [0.29, 0.717) is 12.1 Å². The molecule has 0 fully saturated rings. The standard InChI is InChI=1S/C13H19NO4S/c1-4-8-14(5-2)19(16,17)13-7-6-11(10-15)9-12(13)18-3/h4,6-7,9,15H,1,5,8,10H2,2-3H3. The maximum atomic E-state index is 12.5. The van der Waals surface area contributed by atoms with E-state index in [1.165, 1.54) is 29.6 Å². The molecule has 1 N–H and O–H groups in total. The van der Waals surface area contributed by atoms with Gasteiger partial charge < -0.3 is 9.84 Å². The number of benzene rings is 1. The van der Waals surface area contributed by atoms with Gasteiger partial charge in [-0.25, -0.2) is 8.42 Å². The molecular weight excluding hydrogens is 266 g/mol. The Balaban J connectivity index is 3.30. The molecule has 0 aliphatic rings. The van der Waals surface area contributed by atoms with Crippen molar-refractivity contribution in [3.63, 3.8) is 0 Å². The van der Waals surface area contributed by atoms with Crippen molar-refractivity contribution in [2.45, 2.75) is 18.4 Å². The molecule has 0 aliphatic carbocycles. The summed E-state index contributed by atoms with van der Waals surface area (Å²) < 4.78 is 31.3. The Bertz CT molecular complexity index is 540. The highest BCUT2D eigenvalue weighted by molar-refractivity contribution is 7.89. The molecule has 19 heavy (non-hydrogen) atoms. The molecule has 0 radical (unpaired) electrons. The van der Waals surface area contributed by atoms with E-state index in [1.807, 2.05) is 0 Å². The van der Waals surface area contributed by atoms with Gasteiger partial charge in [0.15, 0.2) is 0 Å². The molecule has 0 atom stereocenters. The van der Waals surface area contributed by atoms with Crippen LogP contribution in [-0.2, 0) is 16.6 Å². The summed E-state index contributed by atoms with van der Waals surface area (Å²) in [5.41, 5.74) is 0.600. The summed E-state index contributed by atoms with van der Waals surface area (Å²) in [5, 5.41) is 9.06. The first kappa shape index (κ1) is 15.7. The molecule has 1 aromatic carbocycles. The molecule has 0 bridgehead atoms. The minimum Gasteiger partial charge on any atom is -0.495 e. The van der Waals surface area contributed by atoms with Gasteiger partial charge in [-0.15, -0.1) is 6.58 Å².